The van der Waals surface area contributed by atoms with Gasteiger partial charge in [-0.2, -0.15) is 0 Å². The highest BCUT2D eigenvalue weighted by Crippen LogP contribution is 2.15. The van der Waals surface area contributed by atoms with Crippen LogP contribution in [-0.4, -0.2) is 71.2 Å². The molecule has 0 aromatic carbocycles. The monoisotopic (exact) mass is 321 g/mol. The van der Waals surface area contributed by atoms with Crippen molar-refractivity contribution in [2.45, 2.75) is 39.0 Å². The number of urea groups is 1. The number of hydrogen-bond acceptors (Lipinski definition) is 5. The Hall–Kier alpha value is -1.73. The molecular weight excluding hydrogens is 294 g/mol. The van der Waals surface area contributed by atoms with Crippen LogP contribution >= 0.6 is 0 Å². The summed E-state index contributed by atoms with van der Waals surface area (Å²) in [5, 5.41) is 2.91. The molecule has 2 amide bonds. The average Bonchev–Trinajstić information content (AvgIpc) is 3.02. The Bertz CT molecular complexity index is 483. The van der Waals surface area contributed by atoms with Gasteiger partial charge in [-0.25, -0.2) is 14.8 Å². The molecule has 1 aromatic heterocycles. The molecule has 2 rings (SSSR count). The number of rotatable bonds is 7. The van der Waals surface area contributed by atoms with Gasteiger partial charge in [0.2, 0.25) is 0 Å². The molecule has 1 fully saturated rings. The van der Waals surface area contributed by atoms with Crippen molar-refractivity contribution in [1.82, 2.24) is 25.1 Å². The van der Waals surface area contributed by atoms with Crippen LogP contribution in [0.4, 0.5) is 4.79 Å². The maximum atomic E-state index is 12.1. The molecule has 0 aliphatic carbocycles. The molecule has 1 aliphatic heterocycles. The molecule has 1 atom stereocenters. The maximum absolute atomic E-state index is 12.1. The van der Waals surface area contributed by atoms with E-state index < -0.39 is 0 Å². The van der Waals surface area contributed by atoms with E-state index >= 15 is 0 Å². The Morgan fingerprint density at radius 2 is 2.22 bits per heavy atom. The molecule has 0 radical (unpaired) electrons. The lowest BCUT2D eigenvalue weighted by Gasteiger charge is -2.24. The number of carbonyl (C=O) groups is 1. The van der Waals surface area contributed by atoms with Gasteiger partial charge in [0.25, 0.3) is 0 Å². The normalized spacial score (nSPS) is 18.0. The number of likely N-dealkylation sites (N-methyl/N-ethyl adjacent to an activating group) is 1. The van der Waals surface area contributed by atoms with Crippen LogP contribution in [-0.2, 0) is 11.3 Å². The van der Waals surface area contributed by atoms with E-state index in [1.54, 1.807) is 12.4 Å². The number of amides is 2. The zero-order chi connectivity index (χ0) is 16.7. The van der Waals surface area contributed by atoms with Gasteiger partial charge < -0.3 is 15.0 Å². The Labute approximate surface area is 138 Å². The summed E-state index contributed by atoms with van der Waals surface area (Å²) in [6.45, 7) is 7.28. The van der Waals surface area contributed by atoms with Crippen molar-refractivity contribution in [3.8, 4) is 0 Å². The van der Waals surface area contributed by atoms with Crippen LogP contribution in [0.1, 0.15) is 26.1 Å². The topological polar surface area (TPSA) is 70.6 Å². The van der Waals surface area contributed by atoms with Gasteiger partial charge >= 0.3 is 6.03 Å². The summed E-state index contributed by atoms with van der Waals surface area (Å²) < 4.78 is 5.43. The molecule has 0 spiro atoms. The van der Waals surface area contributed by atoms with Gasteiger partial charge in [0.1, 0.15) is 5.82 Å². The fourth-order valence-corrected chi connectivity index (χ4v) is 2.61. The van der Waals surface area contributed by atoms with Crippen LogP contribution in [0.5, 0.6) is 0 Å². The van der Waals surface area contributed by atoms with E-state index in [9.17, 15) is 4.79 Å². The second kappa shape index (κ2) is 8.79. The van der Waals surface area contributed by atoms with Crippen molar-refractivity contribution >= 4 is 6.03 Å². The second-order valence-corrected chi connectivity index (χ2v) is 6.12. The first kappa shape index (κ1) is 17.6. The van der Waals surface area contributed by atoms with Gasteiger partial charge in [-0.05, 0) is 33.4 Å². The minimum absolute atomic E-state index is 0.00998. The molecule has 0 bridgehead atoms. The summed E-state index contributed by atoms with van der Waals surface area (Å²) >= 11 is 0. The fourth-order valence-electron chi connectivity index (χ4n) is 2.61. The molecule has 128 valence electrons. The van der Waals surface area contributed by atoms with Crippen molar-refractivity contribution in [3.63, 3.8) is 0 Å². The number of hydrogen-bond donors (Lipinski definition) is 1. The zero-order valence-electron chi connectivity index (χ0n) is 14.2. The van der Waals surface area contributed by atoms with E-state index in [-0.39, 0.29) is 12.1 Å². The van der Waals surface area contributed by atoms with E-state index in [4.69, 9.17) is 4.74 Å². The van der Waals surface area contributed by atoms with Crippen LogP contribution in [0.15, 0.2) is 18.5 Å². The highest BCUT2D eigenvalue weighted by molar-refractivity contribution is 5.74. The fraction of sp³-hybridized carbons (Fsp3) is 0.688. The number of likely N-dealkylation sites (tertiary alicyclic amines) is 1. The molecule has 1 N–H and O–H groups in total. The lowest BCUT2D eigenvalue weighted by molar-refractivity contribution is 0.0808. The molecule has 7 heteroatoms. The van der Waals surface area contributed by atoms with Gasteiger partial charge in [-0.15, -0.1) is 0 Å². The highest BCUT2D eigenvalue weighted by atomic mass is 16.5. The van der Waals surface area contributed by atoms with Gasteiger partial charge in [0, 0.05) is 38.1 Å². The van der Waals surface area contributed by atoms with Crippen LogP contribution in [0.3, 0.4) is 0 Å². The van der Waals surface area contributed by atoms with Crippen molar-refractivity contribution in [3.05, 3.63) is 24.3 Å². The van der Waals surface area contributed by atoms with E-state index in [0.29, 0.717) is 25.7 Å². The van der Waals surface area contributed by atoms with Crippen molar-refractivity contribution in [1.29, 1.82) is 0 Å². The lowest BCUT2D eigenvalue weighted by Crippen LogP contribution is -2.42. The zero-order valence-corrected chi connectivity index (χ0v) is 14.2. The summed E-state index contributed by atoms with van der Waals surface area (Å²) in [7, 11) is 2.05. The predicted molar refractivity (Wildman–Crippen MR) is 88.0 cm³/mol. The number of nitrogens with zero attached hydrogens (tertiary/aromatic N) is 4. The lowest BCUT2D eigenvalue weighted by atomic mass is 10.2. The number of ether oxygens (including phenoxy) is 1. The molecule has 1 aromatic rings. The minimum atomic E-state index is -0.00998. The third kappa shape index (κ3) is 5.76. The van der Waals surface area contributed by atoms with Gasteiger partial charge in [0.05, 0.1) is 19.3 Å². The molecule has 23 heavy (non-hydrogen) atoms. The summed E-state index contributed by atoms with van der Waals surface area (Å²) in [5.74, 6) is 0.809. The van der Waals surface area contributed by atoms with Crippen LogP contribution < -0.4 is 5.32 Å². The predicted octanol–water partition coefficient (Wildman–Crippen LogP) is 1.12. The first-order valence-corrected chi connectivity index (χ1v) is 8.16. The Morgan fingerprint density at radius 3 is 2.91 bits per heavy atom. The summed E-state index contributed by atoms with van der Waals surface area (Å²) in [6.07, 6.45) is 4.67. The SMILES string of the molecule is CC(C)OCCNC(=O)N1CC[C@@H](N(C)Cc2ncccn2)C1. The van der Waals surface area contributed by atoms with E-state index in [1.165, 1.54) is 0 Å². The van der Waals surface area contributed by atoms with Gasteiger partial charge in [0.15, 0.2) is 0 Å². The van der Waals surface area contributed by atoms with Crippen molar-refractivity contribution in [2.24, 2.45) is 0 Å². The van der Waals surface area contributed by atoms with Gasteiger partial charge in [-0.3, -0.25) is 4.90 Å². The Balaban J connectivity index is 1.71. The third-order valence-corrected chi connectivity index (χ3v) is 3.91. The Kier molecular flexibility index (Phi) is 6.73. The molecule has 0 saturated carbocycles. The first-order chi connectivity index (χ1) is 11.1. The maximum Gasteiger partial charge on any atom is 0.317 e. The highest BCUT2D eigenvalue weighted by Gasteiger charge is 2.28. The molecular formula is C16H27N5O2. The van der Waals surface area contributed by atoms with E-state index in [1.807, 2.05) is 24.8 Å². The second-order valence-electron chi connectivity index (χ2n) is 6.12. The molecule has 1 aliphatic rings. The largest absolute Gasteiger partial charge is 0.377 e. The summed E-state index contributed by atoms with van der Waals surface area (Å²) in [5.41, 5.74) is 0. The minimum Gasteiger partial charge on any atom is -0.377 e. The van der Waals surface area contributed by atoms with E-state index in [2.05, 4.69) is 27.2 Å². The van der Waals surface area contributed by atoms with Crippen molar-refractivity contribution in [2.75, 3.05) is 33.3 Å². The number of carbonyl (C=O) groups excluding carboxylic acids is 1. The summed E-state index contributed by atoms with van der Waals surface area (Å²) in [4.78, 5) is 24.7. The number of nitrogens with one attached hydrogen (secondary N) is 1. The smallest absolute Gasteiger partial charge is 0.317 e. The molecule has 0 unspecified atom stereocenters. The average molecular weight is 321 g/mol. The van der Waals surface area contributed by atoms with Crippen molar-refractivity contribution < 1.29 is 9.53 Å². The van der Waals surface area contributed by atoms with E-state index in [0.717, 1.165) is 25.3 Å². The standard InChI is InChI=1S/C16H27N5O2/c1-13(2)23-10-8-19-16(22)21-9-5-14(11-21)20(3)12-15-17-6-4-7-18-15/h4,6-7,13-14H,5,8-12H2,1-3H3,(H,19,22)/t14-/m1/s1. The summed E-state index contributed by atoms with van der Waals surface area (Å²) in [6, 6.07) is 2.15. The molecule has 7 nitrogen and oxygen atoms in total. The first-order valence-electron chi connectivity index (χ1n) is 8.16. The third-order valence-electron chi connectivity index (χ3n) is 3.91. The van der Waals surface area contributed by atoms with Gasteiger partial charge in [-0.1, -0.05) is 0 Å². The number of aromatic nitrogens is 2. The Morgan fingerprint density at radius 1 is 1.48 bits per heavy atom. The quantitative estimate of drug-likeness (QED) is 0.762. The van der Waals surface area contributed by atoms with Crippen LogP contribution in [0.2, 0.25) is 0 Å². The van der Waals surface area contributed by atoms with Crippen LogP contribution in [0.25, 0.3) is 0 Å². The molecule has 1 saturated heterocycles. The molecule has 2 heterocycles. The van der Waals surface area contributed by atoms with Crippen LogP contribution in [0, 0.1) is 0 Å².